The summed E-state index contributed by atoms with van der Waals surface area (Å²) in [5.41, 5.74) is -1.29. The zero-order chi connectivity index (χ0) is 15.8. The number of nitriles is 1. The third kappa shape index (κ3) is 3.08. The summed E-state index contributed by atoms with van der Waals surface area (Å²) in [5, 5.41) is 11.9. The van der Waals surface area contributed by atoms with Crippen LogP contribution in [0.1, 0.15) is 19.8 Å². The fourth-order valence-corrected chi connectivity index (χ4v) is 1.71. The molecule has 0 heterocycles. The average Bonchev–Trinajstić information content (AvgIpc) is 3.26. The van der Waals surface area contributed by atoms with Crippen LogP contribution < -0.4 is 10.1 Å². The second-order valence-corrected chi connectivity index (χ2v) is 5.05. The van der Waals surface area contributed by atoms with Crippen LogP contribution in [0.4, 0.5) is 22.0 Å². The molecule has 1 unspecified atom stereocenters. The van der Waals surface area contributed by atoms with Crippen LogP contribution in [0.25, 0.3) is 0 Å². The Bertz CT molecular complexity index is 583. The lowest BCUT2D eigenvalue weighted by molar-refractivity contribution is 0.206. The van der Waals surface area contributed by atoms with Crippen molar-refractivity contribution in [2.75, 3.05) is 6.61 Å². The summed E-state index contributed by atoms with van der Waals surface area (Å²) in [7, 11) is 0. The van der Waals surface area contributed by atoms with E-state index in [1.54, 1.807) is 0 Å². The third-order valence-corrected chi connectivity index (χ3v) is 3.02. The first-order chi connectivity index (χ1) is 9.79. The second-order valence-electron chi connectivity index (χ2n) is 5.05. The van der Waals surface area contributed by atoms with E-state index in [0.717, 1.165) is 12.8 Å². The van der Waals surface area contributed by atoms with Gasteiger partial charge in [-0.2, -0.15) is 14.0 Å². The van der Waals surface area contributed by atoms with Gasteiger partial charge in [-0.05, 0) is 19.8 Å². The molecular formula is C13H11F5N2O. The Balaban J connectivity index is 2.22. The SMILES string of the molecule is CC(C#N)(COc1c(F)c(F)c(F)c(F)c1F)NC1CC1. The summed E-state index contributed by atoms with van der Waals surface area (Å²) >= 11 is 0. The van der Waals surface area contributed by atoms with Crippen molar-refractivity contribution in [2.24, 2.45) is 0 Å². The summed E-state index contributed by atoms with van der Waals surface area (Å²) in [6.07, 6.45) is 1.69. The van der Waals surface area contributed by atoms with Crippen molar-refractivity contribution < 1.29 is 26.7 Å². The lowest BCUT2D eigenvalue weighted by atomic mass is 10.1. The molecule has 0 aliphatic heterocycles. The van der Waals surface area contributed by atoms with Crippen LogP contribution in [-0.2, 0) is 0 Å². The Morgan fingerprint density at radius 2 is 1.57 bits per heavy atom. The molecule has 1 aromatic carbocycles. The van der Waals surface area contributed by atoms with Gasteiger partial charge < -0.3 is 4.74 Å². The van der Waals surface area contributed by atoms with E-state index in [0.29, 0.717) is 0 Å². The molecule has 1 fully saturated rings. The van der Waals surface area contributed by atoms with E-state index < -0.39 is 47.0 Å². The van der Waals surface area contributed by atoms with Crippen LogP contribution in [-0.4, -0.2) is 18.2 Å². The number of rotatable bonds is 5. The van der Waals surface area contributed by atoms with Crippen molar-refractivity contribution in [1.29, 1.82) is 5.26 Å². The predicted octanol–water partition coefficient (Wildman–Crippen LogP) is 2.80. The summed E-state index contributed by atoms with van der Waals surface area (Å²) in [5.74, 6) is -11.9. The minimum atomic E-state index is -2.25. The highest BCUT2D eigenvalue weighted by molar-refractivity contribution is 5.30. The molecule has 0 saturated heterocycles. The second kappa shape index (κ2) is 5.48. The van der Waals surface area contributed by atoms with Crippen LogP contribution in [0.3, 0.4) is 0 Å². The highest BCUT2D eigenvalue weighted by atomic mass is 19.2. The number of hydrogen-bond donors (Lipinski definition) is 1. The van der Waals surface area contributed by atoms with E-state index in [9.17, 15) is 22.0 Å². The molecule has 0 amide bonds. The molecule has 1 saturated carbocycles. The van der Waals surface area contributed by atoms with Crippen LogP contribution in [0.5, 0.6) is 5.75 Å². The zero-order valence-corrected chi connectivity index (χ0v) is 10.9. The van der Waals surface area contributed by atoms with Crippen molar-refractivity contribution >= 4 is 0 Å². The summed E-state index contributed by atoms with van der Waals surface area (Å²) in [6.45, 7) is 0.857. The molecule has 2 rings (SSSR count). The van der Waals surface area contributed by atoms with Gasteiger partial charge in [0.2, 0.25) is 29.1 Å². The summed E-state index contributed by atoms with van der Waals surface area (Å²) in [6, 6.07) is 1.95. The molecule has 0 bridgehead atoms. The lowest BCUT2D eigenvalue weighted by Crippen LogP contribution is -2.47. The van der Waals surface area contributed by atoms with Crippen molar-refractivity contribution in [2.45, 2.75) is 31.3 Å². The van der Waals surface area contributed by atoms with E-state index in [4.69, 9.17) is 5.26 Å². The minimum Gasteiger partial charge on any atom is -0.484 e. The van der Waals surface area contributed by atoms with Gasteiger partial charge in [-0.3, -0.25) is 5.32 Å². The van der Waals surface area contributed by atoms with E-state index in [1.807, 2.05) is 6.07 Å². The highest BCUT2D eigenvalue weighted by Gasteiger charge is 2.35. The Hall–Kier alpha value is -1.88. The number of nitrogens with zero attached hydrogens (tertiary/aromatic N) is 1. The van der Waals surface area contributed by atoms with Gasteiger partial charge in [-0.25, -0.2) is 13.2 Å². The Morgan fingerprint density at radius 3 is 2.00 bits per heavy atom. The number of ether oxygens (including phenoxy) is 1. The van der Waals surface area contributed by atoms with Crippen molar-refractivity contribution in [3.05, 3.63) is 29.1 Å². The van der Waals surface area contributed by atoms with Crippen LogP contribution in [0.2, 0.25) is 0 Å². The largest absolute Gasteiger partial charge is 0.484 e. The quantitative estimate of drug-likeness (QED) is 0.517. The summed E-state index contributed by atoms with van der Waals surface area (Å²) in [4.78, 5) is 0. The van der Waals surface area contributed by atoms with Gasteiger partial charge in [0.1, 0.15) is 12.1 Å². The third-order valence-electron chi connectivity index (χ3n) is 3.02. The first kappa shape index (κ1) is 15.5. The molecule has 3 nitrogen and oxygen atoms in total. The molecular weight excluding hydrogens is 295 g/mol. The van der Waals surface area contributed by atoms with Crippen molar-refractivity contribution in [3.63, 3.8) is 0 Å². The first-order valence-corrected chi connectivity index (χ1v) is 6.12. The molecule has 1 aromatic rings. The minimum absolute atomic E-state index is 0.0923. The molecule has 114 valence electrons. The van der Waals surface area contributed by atoms with Crippen LogP contribution in [0, 0.1) is 40.4 Å². The van der Waals surface area contributed by atoms with Gasteiger partial charge in [0.15, 0.2) is 5.75 Å². The molecule has 1 atom stereocenters. The molecule has 1 aliphatic carbocycles. The standard InChI is InChI=1S/C13H11F5N2O/c1-13(4-19,20-6-2-3-6)5-21-12-10(17)8(15)7(14)9(16)11(12)18/h6,20H,2-3,5H2,1H3. The summed E-state index contributed by atoms with van der Waals surface area (Å²) < 4.78 is 70.4. The Kier molecular flexibility index (Phi) is 4.05. The van der Waals surface area contributed by atoms with Gasteiger partial charge in [-0.15, -0.1) is 0 Å². The number of nitrogens with one attached hydrogen (secondary N) is 1. The van der Waals surface area contributed by atoms with Gasteiger partial charge in [0.25, 0.3) is 0 Å². The molecule has 21 heavy (non-hydrogen) atoms. The van der Waals surface area contributed by atoms with Crippen LogP contribution >= 0.6 is 0 Å². The van der Waals surface area contributed by atoms with Crippen molar-refractivity contribution in [3.8, 4) is 11.8 Å². The maximum atomic E-state index is 13.4. The predicted molar refractivity (Wildman–Crippen MR) is 61.9 cm³/mol. The monoisotopic (exact) mass is 306 g/mol. The topological polar surface area (TPSA) is 45.0 Å². The fraction of sp³-hybridized carbons (Fsp3) is 0.462. The number of halogens is 5. The lowest BCUT2D eigenvalue weighted by Gasteiger charge is -2.23. The molecule has 1 N–H and O–H groups in total. The maximum Gasteiger partial charge on any atom is 0.206 e. The molecule has 1 aliphatic rings. The molecule has 0 radical (unpaired) electrons. The number of hydrogen-bond acceptors (Lipinski definition) is 3. The van der Waals surface area contributed by atoms with E-state index in [2.05, 4.69) is 10.1 Å². The Morgan fingerprint density at radius 1 is 1.10 bits per heavy atom. The highest BCUT2D eigenvalue weighted by Crippen LogP contribution is 2.30. The first-order valence-electron chi connectivity index (χ1n) is 6.12. The van der Waals surface area contributed by atoms with Gasteiger partial charge in [-0.1, -0.05) is 0 Å². The normalized spacial score (nSPS) is 17.2. The molecule has 0 aromatic heterocycles. The Labute approximate surface area is 117 Å². The van der Waals surface area contributed by atoms with Gasteiger partial charge >= 0.3 is 0 Å². The maximum absolute atomic E-state index is 13.4. The van der Waals surface area contributed by atoms with Gasteiger partial charge in [0.05, 0.1) is 6.07 Å². The smallest absolute Gasteiger partial charge is 0.206 e. The molecule has 0 spiro atoms. The van der Waals surface area contributed by atoms with E-state index >= 15 is 0 Å². The van der Waals surface area contributed by atoms with E-state index in [1.165, 1.54) is 6.92 Å². The number of benzene rings is 1. The average molecular weight is 306 g/mol. The fourth-order valence-electron chi connectivity index (χ4n) is 1.71. The molecule has 8 heteroatoms. The van der Waals surface area contributed by atoms with E-state index in [-0.39, 0.29) is 6.04 Å². The van der Waals surface area contributed by atoms with Crippen molar-refractivity contribution in [1.82, 2.24) is 5.32 Å². The van der Waals surface area contributed by atoms with Crippen LogP contribution in [0.15, 0.2) is 0 Å². The van der Waals surface area contributed by atoms with Gasteiger partial charge in [0, 0.05) is 6.04 Å². The zero-order valence-electron chi connectivity index (χ0n) is 10.9.